The molecule has 2 heterocycles. The Morgan fingerprint density at radius 2 is 1.90 bits per heavy atom. The van der Waals surface area contributed by atoms with Gasteiger partial charge in [-0.05, 0) is 11.5 Å². The lowest BCUT2D eigenvalue weighted by atomic mass is 10.1. The van der Waals surface area contributed by atoms with Crippen LogP contribution in [0.2, 0.25) is 0 Å². The molecule has 0 spiro atoms. The lowest BCUT2D eigenvalue weighted by Gasteiger charge is -2.09. The minimum atomic E-state index is -0.371. The van der Waals surface area contributed by atoms with Gasteiger partial charge in [-0.1, -0.05) is 18.2 Å². The summed E-state index contributed by atoms with van der Waals surface area (Å²) >= 11 is 0. The first-order valence-electron chi connectivity index (χ1n) is 6.39. The zero-order valence-electron chi connectivity index (χ0n) is 11.2. The molecular formula is C15H16BrNO3. The van der Waals surface area contributed by atoms with Crippen LogP contribution in [0.4, 0.5) is 0 Å². The van der Waals surface area contributed by atoms with Crippen LogP contribution in [0.1, 0.15) is 18.9 Å². The molecule has 106 valence electrons. The van der Waals surface area contributed by atoms with Gasteiger partial charge in [-0.15, -0.1) is 0 Å². The number of halogens is 1. The second kappa shape index (κ2) is 6.43. The minimum Gasteiger partial charge on any atom is -1.00 e. The second-order valence-corrected chi connectivity index (χ2v) is 4.73. The third-order valence-corrected chi connectivity index (χ3v) is 3.18. The highest BCUT2D eigenvalue weighted by Crippen LogP contribution is 2.23. The predicted octanol–water partition coefficient (Wildman–Crippen LogP) is -1.23. The minimum absolute atomic E-state index is 0. The van der Waals surface area contributed by atoms with Gasteiger partial charge in [-0.3, -0.25) is 4.79 Å². The fourth-order valence-electron chi connectivity index (χ4n) is 2.35. The van der Waals surface area contributed by atoms with Crippen molar-refractivity contribution in [2.45, 2.75) is 19.8 Å². The van der Waals surface area contributed by atoms with E-state index in [1.165, 1.54) is 0 Å². The molecule has 1 aromatic carbocycles. The van der Waals surface area contributed by atoms with Gasteiger partial charge in [0, 0.05) is 18.4 Å². The molecule has 0 aliphatic carbocycles. The molecule has 0 atom stereocenters. The van der Waals surface area contributed by atoms with Gasteiger partial charge in [0.05, 0.1) is 13.2 Å². The third kappa shape index (κ3) is 3.06. The monoisotopic (exact) mass is 337 g/mol. The van der Waals surface area contributed by atoms with E-state index in [4.69, 9.17) is 9.47 Å². The highest BCUT2D eigenvalue weighted by Gasteiger charge is 2.28. The van der Waals surface area contributed by atoms with Crippen molar-refractivity contribution in [3.63, 3.8) is 0 Å². The van der Waals surface area contributed by atoms with Gasteiger partial charge in [0.25, 0.3) is 0 Å². The van der Waals surface area contributed by atoms with Crippen LogP contribution in [-0.2, 0) is 20.8 Å². The van der Waals surface area contributed by atoms with Gasteiger partial charge in [0.2, 0.25) is 18.5 Å². The van der Waals surface area contributed by atoms with Crippen molar-refractivity contribution >= 4 is 16.6 Å². The number of ether oxygens (including phenoxy) is 2. The van der Waals surface area contributed by atoms with Gasteiger partial charge < -0.3 is 26.5 Å². The van der Waals surface area contributed by atoms with E-state index in [9.17, 15) is 4.79 Å². The molecule has 1 aliphatic heterocycles. The number of aromatic nitrogens is 1. The Balaban J connectivity index is 0.00000147. The van der Waals surface area contributed by atoms with E-state index >= 15 is 0 Å². The van der Waals surface area contributed by atoms with Gasteiger partial charge >= 0.3 is 0 Å². The second-order valence-electron chi connectivity index (χ2n) is 4.73. The van der Waals surface area contributed by atoms with Crippen molar-refractivity contribution in [2.24, 2.45) is 0 Å². The summed E-state index contributed by atoms with van der Waals surface area (Å²) in [7, 11) is 0. The number of carbonyl (C=O) groups excluding carboxylic acids is 1. The summed E-state index contributed by atoms with van der Waals surface area (Å²) in [6, 6.07) is 10.1. The Morgan fingerprint density at radius 3 is 2.55 bits per heavy atom. The standard InChI is InChI=1S/C15H16NO3.BrH/c1-11(17)9-16-10-13-5-3-2-4-12(13)8-14(16)15-18-6-7-19-15;/h2-5,8,10,15H,6-7,9H2,1H3;1H/q+1;/p-1. The average Bonchev–Trinajstić information content (AvgIpc) is 2.91. The van der Waals surface area contributed by atoms with E-state index in [-0.39, 0.29) is 29.1 Å². The largest absolute Gasteiger partial charge is 1.00 e. The lowest BCUT2D eigenvalue weighted by molar-refractivity contribution is -0.696. The van der Waals surface area contributed by atoms with E-state index in [1.54, 1.807) is 6.92 Å². The molecule has 0 amide bonds. The van der Waals surface area contributed by atoms with Crippen LogP contribution >= 0.6 is 0 Å². The molecular weight excluding hydrogens is 322 g/mol. The summed E-state index contributed by atoms with van der Waals surface area (Å²) in [5.74, 6) is 0.111. The first-order chi connectivity index (χ1) is 9.24. The number of benzene rings is 1. The topological polar surface area (TPSA) is 39.4 Å². The van der Waals surface area contributed by atoms with Crippen LogP contribution in [0, 0.1) is 0 Å². The Bertz CT molecular complexity index is 624. The van der Waals surface area contributed by atoms with Crippen molar-refractivity contribution in [1.29, 1.82) is 0 Å². The van der Waals surface area contributed by atoms with E-state index < -0.39 is 0 Å². The molecule has 0 bridgehead atoms. The van der Waals surface area contributed by atoms with Crippen molar-refractivity contribution < 1.29 is 35.8 Å². The molecule has 0 radical (unpaired) electrons. The van der Waals surface area contributed by atoms with Crippen molar-refractivity contribution in [3.05, 3.63) is 42.2 Å². The van der Waals surface area contributed by atoms with Crippen LogP contribution in [-0.4, -0.2) is 19.0 Å². The number of fused-ring (bicyclic) bond motifs is 1. The first kappa shape index (κ1) is 15.1. The van der Waals surface area contributed by atoms with Crippen LogP contribution < -0.4 is 21.5 Å². The number of pyridine rings is 1. The quantitative estimate of drug-likeness (QED) is 0.658. The molecule has 0 N–H and O–H groups in total. The Kier molecular flexibility index (Phi) is 4.86. The molecule has 5 heteroatoms. The molecule has 1 saturated heterocycles. The van der Waals surface area contributed by atoms with E-state index in [0.29, 0.717) is 19.8 Å². The first-order valence-corrected chi connectivity index (χ1v) is 6.39. The molecule has 1 aromatic heterocycles. The zero-order valence-corrected chi connectivity index (χ0v) is 12.8. The zero-order chi connectivity index (χ0) is 13.2. The van der Waals surface area contributed by atoms with Crippen molar-refractivity contribution in [1.82, 2.24) is 0 Å². The number of hydrogen-bond acceptors (Lipinski definition) is 3. The molecule has 4 nitrogen and oxygen atoms in total. The molecule has 1 aliphatic rings. The SMILES string of the molecule is CC(=O)C[n+]1cc2ccccc2cc1C1OCCO1.[Br-]. The van der Waals surface area contributed by atoms with E-state index in [2.05, 4.69) is 0 Å². The number of Topliss-reactive ketones (excluding diaryl/α,β-unsaturated/α-hetero) is 1. The molecule has 1 fully saturated rings. The van der Waals surface area contributed by atoms with Crippen LogP contribution in [0.3, 0.4) is 0 Å². The lowest BCUT2D eigenvalue weighted by Crippen LogP contribution is -3.00. The highest BCUT2D eigenvalue weighted by atomic mass is 79.9. The Hall–Kier alpha value is -1.30. The summed E-state index contributed by atoms with van der Waals surface area (Å²) in [6.07, 6.45) is 1.61. The molecule has 2 aromatic rings. The van der Waals surface area contributed by atoms with Crippen LogP contribution in [0.15, 0.2) is 36.5 Å². The van der Waals surface area contributed by atoms with Gasteiger partial charge in [-0.2, -0.15) is 4.57 Å². The van der Waals surface area contributed by atoms with E-state index in [0.717, 1.165) is 16.5 Å². The van der Waals surface area contributed by atoms with Crippen molar-refractivity contribution in [3.8, 4) is 0 Å². The maximum atomic E-state index is 11.4. The number of rotatable bonds is 3. The number of nitrogens with zero attached hydrogens (tertiary/aromatic N) is 1. The number of ketones is 1. The summed E-state index contributed by atoms with van der Waals surface area (Å²) < 4.78 is 13.0. The summed E-state index contributed by atoms with van der Waals surface area (Å²) in [5, 5.41) is 2.22. The highest BCUT2D eigenvalue weighted by molar-refractivity contribution is 5.81. The third-order valence-electron chi connectivity index (χ3n) is 3.18. The normalized spacial score (nSPS) is 15.2. The summed E-state index contributed by atoms with van der Waals surface area (Å²) in [4.78, 5) is 11.4. The van der Waals surface area contributed by atoms with Crippen LogP contribution in [0.5, 0.6) is 0 Å². The van der Waals surface area contributed by atoms with Gasteiger partial charge in [0.1, 0.15) is 0 Å². The Labute approximate surface area is 128 Å². The molecule has 20 heavy (non-hydrogen) atoms. The predicted molar refractivity (Wildman–Crippen MR) is 69.5 cm³/mol. The summed E-state index contributed by atoms with van der Waals surface area (Å²) in [5.41, 5.74) is 0.895. The molecule has 3 rings (SSSR count). The number of hydrogen-bond donors (Lipinski definition) is 0. The fourth-order valence-corrected chi connectivity index (χ4v) is 2.35. The molecule has 0 saturated carbocycles. The van der Waals surface area contributed by atoms with Gasteiger partial charge in [-0.25, -0.2) is 0 Å². The summed E-state index contributed by atoms with van der Waals surface area (Å²) in [6.45, 7) is 3.11. The van der Waals surface area contributed by atoms with Crippen LogP contribution in [0.25, 0.3) is 10.8 Å². The molecule has 0 unspecified atom stereocenters. The smallest absolute Gasteiger partial charge is 0.245 e. The van der Waals surface area contributed by atoms with Gasteiger partial charge in [0.15, 0.2) is 12.0 Å². The average molecular weight is 338 g/mol. The Morgan fingerprint density at radius 1 is 1.25 bits per heavy atom. The fraction of sp³-hybridized carbons (Fsp3) is 0.333. The van der Waals surface area contributed by atoms with E-state index in [1.807, 2.05) is 41.1 Å². The van der Waals surface area contributed by atoms with Crippen molar-refractivity contribution in [2.75, 3.05) is 13.2 Å². The maximum absolute atomic E-state index is 11.4. The number of carbonyl (C=O) groups is 1. The maximum Gasteiger partial charge on any atom is 0.245 e.